The van der Waals surface area contributed by atoms with Crippen LogP contribution in [-0.4, -0.2) is 39.3 Å². The summed E-state index contributed by atoms with van der Waals surface area (Å²) >= 11 is 0. The van der Waals surface area contributed by atoms with Crippen LogP contribution >= 0.6 is 0 Å². The largest absolute Gasteiger partial charge is 0.496 e. The van der Waals surface area contributed by atoms with Gasteiger partial charge in [0.1, 0.15) is 5.75 Å². The number of hydrogen-bond acceptors (Lipinski definition) is 4. The molecule has 0 spiro atoms. The molecule has 6 nitrogen and oxygen atoms in total. The molecule has 1 aliphatic rings. The number of rotatable bonds is 5. The zero-order chi connectivity index (χ0) is 19.6. The minimum absolute atomic E-state index is 0.0279. The smallest absolute Gasteiger partial charge is 0.243 e. The zero-order valence-electron chi connectivity index (χ0n) is 15.8. The second-order valence-corrected chi connectivity index (χ2v) is 8.68. The van der Waals surface area contributed by atoms with Gasteiger partial charge in [-0.15, -0.1) is 0 Å². The molecule has 27 heavy (non-hydrogen) atoms. The minimum Gasteiger partial charge on any atom is -0.496 e. The fraction of sp³-hybridized carbons (Fsp3) is 0.350. The number of carbonyl (C=O) groups is 1. The van der Waals surface area contributed by atoms with Crippen LogP contribution in [0.4, 0.5) is 5.69 Å². The van der Waals surface area contributed by atoms with E-state index in [1.54, 1.807) is 37.3 Å². The molecule has 2 aromatic carbocycles. The number of hydrogen-bond donors (Lipinski definition) is 0. The molecule has 0 fully saturated rings. The van der Waals surface area contributed by atoms with Crippen molar-refractivity contribution in [2.45, 2.75) is 31.2 Å². The molecule has 0 aliphatic carbocycles. The van der Waals surface area contributed by atoms with E-state index in [1.165, 1.54) is 11.2 Å². The molecule has 0 bridgehead atoms. The Bertz CT molecular complexity index is 956. The fourth-order valence-electron chi connectivity index (χ4n) is 3.40. The molecular weight excluding hydrogens is 364 g/mol. The van der Waals surface area contributed by atoms with Crippen LogP contribution in [0.5, 0.6) is 5.75 Å². The van der Waals surface area contributed by atoms with E-state index in [0.717, 1.165) is 29.7 Å². The highest BCUT2D eigenvalue weighted by molar-refractivity contribution is 7.89. The van der Waals surface area contributed by atoms with E-state index in [2.05, 4.69) is 0 Å². The second-order valence-electron chi connectivity index (χ2n) is 6.64. The van der Waals surface area contributed by atoms with Gasteiger partial charge in [-0.2, -0.15) is 4.31 Å². The van der Waals surface area contributed by atoms with Crippen LogP contribution in [0.2, 0.25) is 0 Å². The average Bonchev–Trinajstić information content (AvgIpc) is 2.67. The van der Waals surface area contributed by atoms with Gasteiger partial charge in [0.2, 0.25) is 15.9 Å². The van der Waals surface area contributed by atoms with Crippen molar-refractivity contribution in [1.29, 1.82) is 0 Å². The number of amides is 1. The van der Waals surface area contributed by atoms with Gasteiger partial charge in [-0.3, -0.25) is 4.79 Å². The zero-order valence-corrected chi connectivity index (χ0v) is 16.6. The van der Waals surface area contributed by atoms with Crippen molar-refractivity contribution < 1.29 is 17.9 Å². The maximum Gasteiger partial charge on any atom is 0.243 e. The standard InChI is InChI=1S/C20H24N2O4S/c1-15(23)22-12-6-8-16-13-18(10-11-19(16)22)27(24,25)21(2)14-17-7-4-5-9-20(17)26-3/h4-5,7,9-11,13H,6,8,12,14H2,1-3H3. The predicted molar refractivity (Wildman–Crippen MR) is 104 cm³/mol. The molecule has 1 amide bonds. The number of nitrogens with zero attached hydrogens (tertiary/aromatic N) is 2. The third-order valence-corrected chi connectivity index (χ3v) is 6.64. The highest BCUT2D eigenvalue weighted by atomic mass is 32.2. The van der Waals surface area contributed by atoms with E-state index in [9.17, 15) is 13.2 Å². The summed E-state index contributed by atoms with van der Waals surface area (Å²) in [5.41, 5.74) is 2.50. The predicted octanol–water partition coefficient (Wildman–Crippen LogP) is 2.82. The molecule has 0 saturated carbocycles. The summed E-state index contributed by atoms with van der Waals surface area (Å²) in [5, 5.41) is 0. The summed E-state index contributed by atoms with van der Waals surface area (Å²) in [4.78, 5) is 13.7. The highest BCUT2D eigenvalue weighted by Gasteiger charge is 2.26. The quantitative estimate of drug-likeness (QED) is 0.790. The molecule has 0 N–H and O–H groups in total. The first-order chi connectivity index (χ1) is 12.8. The van der Waals surface area contributed by atoms with Crippen LogP contribution in [0.3, 0.4) is 0 Å². The molecule has 0 saturated heterocycles. The summed E-state index contributed by atoms with van der Waals surface area (Å²) in [5.74, 6) is 0.627. The number of para-hydroxylation sites is 1. The lowest BCUT2D eigenvalue weighted by Gasteiger charge is -2.29. The lowest BCUT2D eigenvalue weighted by molar-refractivity contribution is -0.116. The molecule has 0 radical (unpaired) electrons. The van der Waals surface area contributed by atoms with E-state index in [1.807, 2.05) is 24.3 Å². The van der Waals surface area contributed by atoms with Crippen molar-refractivity contribution in [2.24, 2.45) is 0 Å². The minimum atomic E-state index is -3.66. The fourth-order valence-corrected chi connectivity index (χ4v) is 4.60. The first kappa shape index (κ1) is 19.4. The Balaban J connectivity index is 1.89. The molecular formula is C20H24N2O4S. The van der Waals surface area contributed by atoms with E-state index in [4.69, 9.17) is 4.74 Å². The van der Waals surface area contributed by atoms with Crippen LogP contribution < -0.4 is 9.64 Å². The molecule has 0 unspecified atom stereocenters. The Morgan fingerprint density at radius 2 is 1.96 bits per heavy atom. The van der Waals surface area contributed by atoms with E-state index in [0.29, 0.717) is 12.3 Å². The molecule has 0 atom stereocenters. The Labute approximate surface area is 160 Å². The van der Waals surface area contributed by atoms with Crippen LogP contribution in [0.1, 0.15) is 24.5 Å². The van der Waals surface area contributed by atoms with Gasteiger partial charge in [-0.25, -0.2) is 8.42 Å². The van der Waals surface area contributed by atoms with Gasteiger partial charge in [0.25, 0.3) is 0 Å². The number of fused-ring (bicyclic) bond motifs is 1. The third kappa shape index (κ3) is 3.84. The first-order valence-electron chi connectivity index (χ1n) is 8.84. The van der Waals surface area contributed by atoms with Gasteiger partial charge in [-0.05, 0) is 42.7 Å². The molecule has 3 rings (SSSR count). The van der Waals surface area contributed by atoms with Crippen LogP contribution in [-0.2, 0) is 27.8 Å². The Morgan fingerprint density at radius 3 is 2.67 bits per heavy atom. The van der Waals surface area contributed by atoms with E-state index in [-0.39, 0.29) is 17.3 Å². The number of benzene rings is 2. The summed E-state index contributed by atoms with van der Waals surface area (Å²) < 4.78 is 32.7. The second kappa shape index (κ2) is 7.70. The molecule has 144 valence electrons. The molecule has 1 heterocycles. The number of carbonyl (C=O) groups excluding carboxylic acids is 1. The van der Waals surface area contributed by atoms with Crippen molar-refractivity contribution in [3.8, 4) is 5.75 Å². The van der Waals surface area contributed by atoms with Gasteiger partial charge < -0.3 is 9.64 Å². The molecule has 7 heteroatoms. The maximum absolute atomic E-state index is 13.0. The Kier molecular flexibility index (Phi) is 5.53. The molecule has 1 aliphatic heterocycles. The van der Waals surface area contributed by atoms with Gasteiger partial charge in [0.15, 0.2) is 0 Å². The van der Waals surface area contributed by atoms with Gasteiger partial charge >= 0.3 is 0 Å². The number of sulfonamides is 1. The van der Waals surface area contributed by atoms with Crippen molar-refractivity contribution in [2.75, 3.05) is 25.6 Å². The normalized spacial score (nSPS) is 14.1. The van der Waals surface area contributed by atoms with Gasteiger partial charge in [-0.1, -0.05) is 18.2 Å². The highest BCUT2D eigenvalue weighted by Crippen LogP contribution is 2.31. The van der Waals surface area contributed by atoms with Gasteiger partial charge in [0.05, 0.1) is 12.0 Å². The van der Waals surface area contributed by atoms with Crippen molar-refractivity contribution >= 4 is 21.6 Å². The summed E-state index contributed by atoms with van der Waals surface area (Å²) in [6, 6.07) is 12.4. The number of methoxy groups -OCH3 is 1. The lowest BCUT2D eigenvalue weighted by atomic mass is 10.0. The maximum atomic E-state index is 13.0. The van der Waals surface area contributed by atoms with Crippen LogP contribution in [0.15, 0.2) is 47.4 Å². The number of ether oxygens (including phenoxy) is 1. The number of aryl methyl sites for hydroxylation is 1. The van der Waals surface area contributed by atoms with Crippen molar-refractivity contribution in [1.82, 2.24) is 4.31 Å². The molecule has 0 aromatic heterocycles. The van der Waals surface area contributed by atoms with Gasteiger partial charge in [0, 0.05) is 38.3 Å². The summed E-state index contributed by atoms with van der Waals surface area (Å²) in [6.45, 7) is 2.41. The van der Waals surface area contributed by atoms with Crippen LogP contribution in [0, 0.1) is 0 Å². The Morgan fingerprint density at radius 1 is 1.22 bits per heavy atom. The molecule has 2 aromatic rings. The number of anilines is 1. The summed E-state index contributed by atoms with van der Waals surface area (Å²) in [7, 11) is -0.533. The SMILES string of the molecule is COc1ccccc1CN(C)S(=O)(=O)c1ccc2c(c1)CCCN2C(C)=O. The van der Waals surface area contributed by atoms with Crippen LogP contribution in [0.25, 0.3) is 0 Å². The van der Waals surface area contributed by atoms with Crippen molar-refractivity contribution in [3.63, 3.8) is 0 Å². The average molecular weight is 388 g/mol. The van der Waals surface area contributed by atoms with E-state index < -0.39 is 10.0 Å². The summed E-state index contributed by atoms with van der Waals surface area (Å²) in [6.07, 6.45) is 1.59. The lowest BCUT2D eigenvalue weighted by Crippen LogP contribution is -2.34. The Hall–Kier alpha value is -2.38. The van der Waals surface area contributed by atoms with E-state index >= 15 is 0 Å². The first-order valence-corrected chi connectivity index (χ1v) is 10.3. The van der Waals surface area contributed by atoms with Crippen molar-refractivity contribution in [3.05, 3.63) is 53.6 Å². The topological polar surface area (TPSA) is 66.9 Å². The monoisotopic (exact) mass is 388 g/mol. The third-order valence-electron chi connectivity index (χ3n) is 4.84.